The number of benzene rings is 1. The monoisotopic (exact) mass is 317 g/mol. The van der Waals surface area contributed by atoms with E-state index in [9.17, 15) is 0 Å². The maximum atomic E-state index is 6.25. The molecule has 0 spiro atoms. The van der Waals surface area contributed by atoms with E-state index >= 15 is 0 Å². The first kappa shape index (κ1) is 13.3. The van der Waals surface area contributed by atoms with Gasteiger partial charge < -0.3 is 10.1 Å². The molecule has 1 aliphatic heterocycles. The molecule has 3 unspecified atom stereocenters. The fraction of sp³-hybridized carbons (Fsp3) is 0.538. The third-order valence-electron chi connectivity index (χ3n) is 3.35. The third kappa shape index (κ3) is 3.22. The van der Waals surface area contributed by atoms with Gasteiger partial charge in [0.2, 0.25) is 0 Å². The molecule has 3 atom stereocenters. The lowest BCUT2D eigenvalue weighted by Gasteiger charge is -2.17. The minimum atomic E-state index is 0.0444. The van der Waals surface area contributed by atoms with E-state index in [1.54, 1.807) is 0 Å². The van der Waals surface area contributed by atoms with Crippen LogP contribution in [0.4, 0.5) is 0 Å². The van der Waals surface area contributed by atoms with Gasteiger partial charge in [-0.3, -0.25) is 0 Å². The minimum absolute atomic E-state index is 0.0444. The third-order valence-corrected chi connectivity index (χ3v) is 4.17. The molecular weight excluding hydrogens is 302 g/mol. The molecular formula is C13H17BrClNO. The molecule has 1 heterocycles. The summed E-state index contributed by atoms with van der Waals surface area (Å²) in [4.78, 5) is 0. The van der Waals surface area contributed by atoms with Gasteiger partial charge in [-0.15, -0.1) is 0 Å². The molecule has 1 aliphatic rings. The van der Waals surface area contributed by atoms with E-state index in [0.29, 0.717) is 12.0 Å². The van der Waals surface area contributed by atoms with Crippen molar-refractivity contribution >= 4 is 27.5 Å². The predicted octanol–water partition coefficient (Wildman–Crippen LogP) is 3.79. The van der Waals surface area contributed by atoms with Gasteiger partial charge in [0.05, 0.1) is 12.7 Å². The average molecular weight is 319 g/mol. The van der Waals surface area contributed by atoms with Gasteiger partial charge in [0.1, 0.15) is 0 Å². The highest BCUT2D eigenvalue weighted by Crippen LogP contribution is 2.30. The maximum absolute atomic E-state index is 6.25. The van der Waals surface area contributed by atoms with Crippen LogP contribution in [-0.4, -0.2) is 19.2 Å². The second-order valence-electron chi connectivity index (χ2n) is 4.66. The number of hydrogen-bond donors (Lipinski definition) is 1. The van der Waals surface area contributed by atoms with E-state index in [4.69, 9.17) is 16.3 Å². The SMILES string of the molecule is CC1COC(c2ccc(Br)cc2Cl)CNC1C. The van der Waals surface area contributed by atoms with Crippen molar-refractivity contribution in [2.45, 2.75) is 26.0 Å². The van der Waals surface area contributed by atoms with Crippen LogP contribution in [0.15, 0.2) is 22.7 Å². The standard InChI is InChI=1S/C13H17BrClNO/c1-8-7-17-13(6-16-9(8)2)11-4-3-10(14)5-12(11)15/h3-5,8-9,13,16H,6-7H2,1-2H3. The maximum Gasteiger partial charge on any atom is 0.0963 e. The lowest BCUT2D eigenvalue weighted by Crippen LogP contribution is -2.32. The van der Waals surface area contributed by atoms with Gasteiger partial charge in [-0.2, -0.15) is 0 Å². The van der Waals surface area contributed by atoms with Crippen LogP contribution in [0, 0.1) is 5.92 Å². The van der Waals surface area contributed by atoms with Gasteiger partial charge in [0, 0.05) is 27.6 Å². The number of ether oxygens (including phenoxy) is 1. The Hall–Kier alpha value is -0.0900. The molecule has 4 heteroatoms. The second kappa shape index (κ2) is 5.70. The van der Waals surface area contributed by atoms with Crippen molar-refractivity contribution in [3.05, 3.63) is 33.3 Å². The summed E-state index contributed by atoms with van der Waals surface area (Å²) in [6, 6.07) is 6.42. The summed E-state index contributed by atoms with van der Waals surface area (Å²) < 4.78 is 6.93. The summed E-state index contributed by atoms with van der Waals surface area (Å²) in [7, 11) is 0. The molecule has 1 aromatic rings. The van der Waals surface area contributed by atoms with Crippen LogP contribution in [0.25, 0.3) is 0 Å². The van der Waals surface area contributed by atoms with Crippen LogP contribution >= 0.6 is 27.5 Å². The zero-order valence-corrected chi connectivity index (χ0v) is 12.4. The Bertz CT molecular complexity index is 387. The first-order chi connectivity index (χ1) is 8.08. The number of nitrogens with one attached hydrogen (secondary N) is 1. The highest BCUT2D eigenvalue weighted by Gasteiger charge is 2.23. The summed E-state index contributed by atoms with van der Waals surface area (Å²) in [6.07, 6.45) is 0.0444. The van der Waals surface area contributed by atoms with Gasteiger partial charge in [-0.1, -0.05) is 40.5 Å². The topological polar surface area (TPSA) is 21.3 Å². The van der Waals surface area contributed by atoms with E-state index in [0.717, 1.165) is 28.2 Å². The summed E-state index contributed by atoms with van der Waals surface area (Å²) in [5.41, 5.74) is 1.06. The van der Waals surface area contributed by atoms with Crippen LogP contribution in [0.1, 0.15) is 25.5 Å². The minimum Gasteiger partial charge on any atom is -0.372 e. The molecule has 0 aromatic heterocycles. The smallest absolute Gasteiger partial charge is 0.0963 e. The Morgan fingerprint density at radius 1 is 1.41 bits per heavy atom. The van der Waals surface area contributed by atoms with Crippen LogP contribution in [0.3, 0.4) is 0 Å². The molecule has 1 fully saturated rings. The summed E-state index contributed by atoms with van der Waals surface area (Å²) in [5, 5.41) is 4.25. The van der Waals surface area contributed by atoms with Crippen LogP contribution < -0.4 is 5.32 Å². The molecule has 0 saturated carbocycles. The molecule has 0 amide bonds. The largest absolute Gasteiger partial charge is 0.372 e. The highest BCUT2D eigenvalue weighted by atomic mass is 79.9. The number of halogens is 2. The van der Waals surface area contributed by atoms with Crippen molar-refractivity contribution in [1.29, 1.82) is 0 Å². The average Bonchev–Trinajstić information content (AvgIpc) is 2.44. The summed E-state index contributed by atoms with van der Waals surface area (Å²) >= 11 is 9.67. The molecule has 1 aromatic carbocycles. The first-order valence-electron chi connectivity index (χ1n) is 5.88. The van der Waals surface area contributed by atoms with Crippen molar-refractivity contribution in [2.75, 3.05) is 13.2 Å². The Labute approximate surface area is 116 Å². The van der Waals surface area contributed by atoms with E-state index in [2.05, 4.69) is 35.1 Å². The van der Waals surface area contributed by atoms with Crippen molar-refractivity contribution in [2.24, 2.45) is 5.92 Å². The molecule has 0 bridgehead atoms. The van der Waals surface area contributed by atoms with Crippen molar-refractivity contribution in [1.82, 2.24) is 5.32 Å². The van der Waals surface area contributed by atoms with Crippen molar-refractivity contribution < 1.29 is 4.74 Å². The molecule has 17 heavy (non-hydrogen) atoms. The lowest BCUT2D eigenvalue weighted by atomic mass is 10.1. The quantitative estimate of drug-likeness (QED) is 0.850. The molecule has 0 radical (unpaired) electrons. The van der Waals surface area contributed by atoms with Gasteiger partial charge >= 0.3 is 0 Å². The molecule has 1 N–H and O–H groups in total. The van der Waals surface area contributed by atoms with Crippen molar-refractivity contribution in [3.8, 4) is 0 Å². The predicted molar refractivity (Wildman–Crippen MR) is 74.5 cm³/mol. The molecule has 2 nitrogen and oxygen atoms in total. The zero-order valence-electron chi connectivity index (χ0n) is 10.0. The first-order valence-corrected chi connectivity index (χ1v) is 7.05. The van der Waals surface area contributed by atoms with Gasteiger partial charge in [0.15, 0.2) is 0 Å². The second-order valence-corrected chi connectivity index (χ2v) is 5.98. The highest BCUT2D eigenvalue weighted by molar-refractivity contribution is 9.10. The normalized spacial score (nSPS) is 30.0. The molecule has 1 saturated heterocycles. The number of rotatable bonds is 1. The van der Waals surface area contributed by atoms with Gasteiger partial charge in [-0.05, 0) is 25.0 Å². The van der Waals surface area contributed by atoms with E-state index in [-0.39, 0.29) is 6.10 Å². The van der Waals surface area contributed by atoms with Gasteiger partial charge in [0.25, 0.3) is 0 Å². The Morgan fingerprint density at radius 2 is 2.18 bits per heavy atom. The van der Waals surface area contributed by atoms with Gasteiger partial charge in [-0.25, -0.2) is 0 Å². The Kier molecular flexibility index (Phi) is 4.47. The molecule has 0 aliphatic carbocycles. The van der Waals surface area contributed by atoms with Crippen LogP contribution in [0.2, 0.25) is 5.02 Å². The number of hydrogen-bond acceptors (Lipinski definition) is 2. The van der Waals surface area contributed by atoms with Crippen LogP contribution in [-0.2, 0) is 4.74 Å². The summed E-state index contributed by atoms with van der Waals surface area (Å²) in [6.45, 7) is 5.97. The summed E-state index contributed by atoms with van der Waals surface area (Å²) in [5.74, 6) is 0.522. The fourth-order valence-electron chi connectivity index (χ4n) is 1.93. The Balaban J connectivity index is 2.17. The van der Waals surface area contributed by atoms with Crippen molar-refractivity contribution in [3.63, 3.8) is 0 Å². The Morgan fingerprint density at radius 3 is 2.88 bits per heavy atom. The molecule has 94 valence electrons. The zero-order chi connectivity index (χ0) is 12.4. The lowest BCUT2D eigenvalue weighted by molar-refractivity contribution is 0.0497. The van der Waals surface area contributed by atoms with E-state index in [1.807, 2.05) is 18.2 Å². The fourth-order valence-corrected chi connectivity index (χ4v) is 2.72. The van der Waals surface area contributed by atoms with E-state index in [1.165, 1.54) is 0 Å². The molecule has 2 rings (SSSR count). The van der Waals surface area contributed by atoms with Crippen LogP contribution in [0.5, 0.6) is 0 Å². The van der Waals surface area contributed by atoms with E-state index < -0.39 is 0 Å².